The zero-order chi connectivity index (χ0) is 16.4. The number of nitrogens with zero attached hydrogens (tertiary/aromatic N) is 1. The molecule has 3 aromatic rings. The maximum absolute atomic E-state index is 4.77. The van der Waals surface area contributed by atoms with Gasteiger partial charge in [0, 0.05) is 16.0 Å². The first kappa shape index (κ1) is 18.1. The first-order valence-corrected chi connectivity index (χ1v) is 8.74. The number of rotatable bonds is 2. The third kappa shape index (κ3) is 4.54. The number of hydrogen-bond acceptors (Lipinski definition) is 2. The van der Waals surface area contributed by atoms with E-state index in [0.29, 0.717) is 0 Å². The van der Waals surface area contributed by atoms with Crippen molar-refractivity contribution in [2.75, 3.05) is 0 Å². The van der Waals surface area contributed by atoms with E-state index in [0.717, 1.165) is 10.7 Å². The quantitative estimate of drug-likeness (QED) is 0.505. The number of thiazole rings is 1. The van der Waals surface area contributed by atoms with Crippen LogP contribution in [0.4, 0.5) is 0 Å². The molecule has 0 radical (unpaired) electrons. The number of aromatic nitrogens is 1. The fraction of sp³-hybridized carbons (Fsp3) is 0.250. The first-order valence-electron chi connectivity index (χ1n) is 7.93. The van der Waals surface area contributed by atoms with Gasteiger partial charge < -0.3 is 0 Å². The van der Waals surface area contributed by atoms with Crippen molar-refractivity contribution in [3.05, 3.63) is 65.5 Å². The first-order chi connectivity index (χ1) is 10.8. The van der Waals surface area contributed by atoms with Gasteiger partial charge in [0.2, 0.25) is 0 Å². The summed E-state index contributed by atoms with van der Waals surface area (Å²) in [6.07, 6.45) is 0. The Kier molecular flexibility index (Phi) is 8.16. The van der Waals surface area contributed by atoms with Gasteiger partial charge in [0.1, 0.15) is 5.01 Å². The highest BCUT2D eigenvalue weighted by Gasteiger charge is 2.10. The lowest BCUT2D eigenvalue weighted by Gasteiger charge is -1.97. The van der Waals surface area contributed by atoms with Crippen LogP contribution in [-0.2, 0) is 0 Å². The van der Waals surface area contributed by atoms with Gasteiger partial charge in [-0.15, -0.1) is 11.3 Å². The van der Waals surface area contributed by atoms with E-state index >= 15 is 0 Å². The van der Waals surface area contributed by atoms with Gasteiger partial charge in [0.25, 0.3) is 0 Å². The predicted molar refractivity (Wildman–Crippen MR) is 100 cm³/mol. The molecule has 2 aromatic carbocycles. The molecular formula is C20H25NS. The largest absolute Gasteiger partial charge is 0.236 e. The zero-order valence-corrected chi connectivity index (χ0v) is 14.9. The molecule has 3 rings (SSSR count). The van der Waals surface area contributed by atoms with Gasteiger partial charge >= 0.3 is 0 Å². The highest BCUT2D eigenvalue weighted by Crippen LogP contribution is 2.32. The Morgan fingerprint density at radius 3 is 1.64 bits per heavy atom. The molecular weight excluding hydrogens is 286 g/mol. The van der Waals surface area contributed by atoms with Gasteiger partial charge in [-0.25, -0.2) is 4.98 Å². The van der Waals surface area contributed by atoms with Gasteiger partial charge in [0.15, 0.2) is 0 Å². The van der Waals surface area contributed by atoms with Crippen molar-refractivity contribution in [2.45, 2.75) is 34.6 Å². The van der Waals surface area contributed by atoms with Gasteiger partial charge in [-0.1, -0.05) is 88.4 Å². The van der Waals surface area contributed by atoms with Crippen LogP contribution in [0.15, 0.2) is 60.7 Å². The Balaban J connectivity index is 0.000000561. The summed E-state index contributed by atoms with van der Waals surface area (Å²) in [6, 6.07) is 20.7. The van der Waals surface area contributed by atoms with Gasteiger partial charge in [-0.3, -0.25) is 0 Å². The van der Waals surface area contributed by atoms with Crippen LogP contribution in [0, 0.1) is 6.92 Å². The predicted octanol–water partition coefficient (Wildman–Crippen LogP) is 6.84. The SMILES string of the molecule is CC.CC.Cc1sc(-c2ccccc2)nc1-c1ccccc1. The summed E-state index contributed by atoms with van der Waals surface area (Å²) in [7, 11) is 0. The summed E-state index contributed by atoms with van der Waals surface area (Å²) in [5.41, 5.74) is 3.47. The summed E-state index contributed by atoms with van der Waals surface area (Å²) < 4.78 is 0. The summed E-state index contributed by atoms with van der Waals surface area (Å²) in [5.74, 6) is 0. The average molecular weight is 311 g/mol. The smallest absolute Gasteiger partial charge is 0.124 e. The second-order valence-corrected chi connectivity index (χ2v) is 5.36. The molecule has 0 saturated carbocycles. The van der Waals surface area contributed by atoms with E-state index in [2.05, 4.69) is 43.3 Å². The molecule has 0 atom stereocenters. The van der Waals surface area contributed by atoms with Crippen molar-refractivity contribution in [1.82, 2.24) is 4.98 Å². The van der Waals surface area contributed by atoms with Crippen molar-refractivity contribution in [2.24, 2.45) is 0 Å². The summed E-state index contributed by atoms with van der Waals surface area (Å²) in [4.78, 5) is 6.03. The Morgan fingerprint density at radius 1 is 0.682 bits per heavy atom. The molecule has 0 fully saturated rings. The van der Waals surface area contributed by atoms with Crippen LogP contribution in [0.3, 0.4) is 0 Å². The number of aryl methyl sites for hydroxylation is 1. The fourth-order valence-corrected chi connectivity index (χ4v) is 2.91. The fourth-order valence-electron chi connectivity index (χ4n) is 1.96. The summed E-state index contributed by atoms with van der Waals surface area (Å²) in [6.45, 7) is 10.1. The lowest BCUT2D eigenvalue weighted by molar-refractivity contribution is 1.37. The Labute approximate surface area is 138 Å². The normalized spacial score (nSPS) is 9.14. The Morgan fingerprint density at radius 2 is 1.14 bits per heavy atom. The van der Waals surface area contributed by atoms with Crippen LogP contribution in [0.2, 0.25) is 0 Å². The van der Waals surface area contributed by atoms with Crippen LogP contribution in [-0.4, -0.2) is 4.98 Å². The standard InChI is InChI=1S/C16H13NS.2C2H6/c1-12-15(13-8-4-2-5-9-13)17-16(18-12)14-10-6-3-7-11-14;2*1-2/h2-11H,1H3;2*1-2H3. The molecule has 1 nitrogen and oxygen atoms in total. The van der Waals surface area contributed by atoms with Crippen LogP contribution in [0.1, 0.15) is 32.6 Å². The summed E-state index contributed by atoms with van der Waals surface area (Å²) in [5, 5.41) is 1.09. The van der Waals surface area contributed by atoms with Crippen molar-refractivity contribution in [1.29, 1.82) is 0 Å². The highest BCUT2D eigenvalue weighted by molar-refractivity contribution is 7.15. The Hall–Kier alpha value is -1.93. The lowest BCUT2D eigenvalue weighted by atomic mass is 10.1. The second-order valence-electron chi connectivity index (χ2n) is 4.16. The molecule has 0 aliphatic heterocycles. The van der Waals surface area contributed by atoms with E-state index < -0.39 is 0 Å². The van der Waals surface area contributed by atoms with Crippen molar-refractivity contribution in [3.63, 3.8) is 0 Å². The molecule has 22 heavy (non-hydrogen) atoms. The van der Waals surface area contributed by atoms with Crippen molar-refractivity contribution < 1.29 is 0 Å². The van der Waals surface area contributed by atoms with Crippen LogP contribution in [0.5, 0.6) is 0 Å². The third-order valence-electron chi connectivity index (χ3n) is 2.86. The van der Waals surface area contributed by atoms with Crippen molar-refractivity contribution >= 4 is 11.3 Å². The number of benzene rings is 2. The molecule has 0 aliphatic carbocycles. The van der Waals surface area contributed by atoms with Gasteiger partial charge in [-0.2, -0.15) is 0 Å². The molecule has 1 aromatic heterocycles. The molecule has 1 heterocycles. The highest BCUT2D eigenvalue weighted by atomic mass is 32.1. The summed E-state index contributed by atoms with van der Waals surface area (Å²) >= 11 is 1.75. The number of hydrogen-bond donors (Lipinski definition) is 0. The van der Waals surface area contributed by atoms with E-state index in [1.807, 2.05) is 52.0 Å². The van der Waals surface area contributed by atoms with Gasteiger partial charge in [-0.05, 0) is 6.92 Å². The molecule has 0 N–H and O–H groups in total. The average Bonchev–Trinajstić information content (AvgIpc) is 3.02. The second kappa shape index (κ2) is 9.91. The topological polar surface area (TPSA) is 12.9 Å². The van der Waals surface area contributed by atoms with E-state index in [-0.39, 0.29) is 0 Å². The van der Waals surface area contributed by atoms with Crippen LogP contribution >= 0.6 is 11.3 Å². The molecule has 0 aliphatic rings. The van der Waals surface area contributed by atoms with E-state index in [4.69, 9.17) is 4.98 Å². The molecule has 0 bridgehead atoms. The third-order valence-corrected chi connectivity index (χ3v) is 3.88. The maximum Gasteiger partial charge on any atom is 0.124 e. The lowest BCUT2D eigenvalue weighted by Crippen LogP contribution is -1.80. The maximum atomic E-state index is 4.77. The molecule has 116 valence electrons. The van der Waals surface area contributed by atoms with Crippen LogP contribution < -0.4 is 0 Å². The van der Waals surface area contributed by atoms with E-state index in [9.17, 15) is 0 Å². The van der Waals surface area contributed by atoms with Gasteiger partial charge in [0.05, 0.1) is 5.69 Å². The molecule has 0 unspecified atom stereocenters. The minimum absolute atomic E-state index is 1.09. The minimum atomic E-state index is 1.09. The molecule has 2 heteroatoms. The van der Waals surface area contributed by atoms with Crippen molar-refractivity contribution in [3.8, 4) is 21.8 Å². The monoisotopic (exact) mass is 311 g/mol. The molecule has 0 spiro atoms. The van der Waals surface area contributed by atoms with Crippen LogP contribution in [0.25, 0.3) is 21.8 Å². The van der Waals surface area contributed by atoms with E-state index in [1.54, 1.807) is 11.3 Å². The molecule has 0 amide bonds. The van der Waals surface area contributed by atoms with E-state index in [1.165, 1.54) is 16.0 Å². The molecule has 0 saturated heterocycles. The Bertz CT molecular complexity index is 642. The zero-order valence-electron chi connectivity index (χ0n) is 14.1. The minimum Gasteiger partial charge on any atom is -0.236 e.